The Morgan fingerprint density at radius 3 is 1.96 bits per heavy atom. The van der Waals surface area contributed by atoms with Gasteiger partial charge in [-0.1, -0.05) is 66.7 Å². The minimum Gasteiger partial charge on any atom is -0.508 e. The Morgan fingerprint density at radius 2 is 1.42 bits per heavy atom. The van der Waals surface area contributed by atoms with Crippen molar-refractivity contribution in [2.75, 3.05) is 5.32 Å². The lowest BCUT2D eigenvalue weighted by Crippen LogP contribution is -2.37. The number of phenols is 1. The lowest BCUT2D eigenvalue weighted by atomic mass is 9.90. The molecule has 26 heavy (non-hydrogen) atoms. The molecule has 0 bridgehead atoms. The first-order valence-electron chi connectivity index (χ1n) is 8.14. The fourth-order valence-electron chi connectivity index (χ4n) is 2.72. The summed E-state index contributed by atoms with van der Waals surface area (Å²) in [6, 6.07) is 25.7. The van der Waals surface area contributed by atoms with Crippen molar-refractivity contribution in [3.05, 3.63) is 96.1 Å². The molecule has 5 heteroatoms. The molecule has 0 fully saturated rings. The summed E-state index contributed by atoms with van der Waals surface area (Å²) in [7, 11) is 0. The Bertz CT molecular complexity index is 859. The van der Waals surface area contributed by atoms with Gasteiger partial charge in [0.25, 0.3) is 0 Å². The third-order valence-electron chi connectivity index (χ3n) is 3.87. The van der Waals surface area contributed by atoms with Crippen molar-refractivity contribution in [3.8, 4) is 5.75 Å². The molecule has 0 unspecified atom stereocenters. The van der Waals surface area contributed by atoms with Crippen LogP contribution < -0.4 is 10.6 Å². The Hall–Kier alpha value is -3.18. The number of nitrogens with one attached hydrogen (secondary N) is 2. The van der Waals surface area contributed by atoms with Crippen LogP contribution in [-0.4, -0.2) is 16.1 Å². The molecule has 130 valence electrons. The summed E-state index contributed by atoms with van der Waals surface area (Å²) in [4.78, 5) is 12.9. The largest absolute Gasteiger partial charge is 0.508 e. The number of thiocarbonyl (C=S) groups is 1. The number of rotatable bonds is 4. The Kier molecular flexibility index (Phi) is 5.61. The van der Waals surface area contributed by atoms with Crippen molar-refractivity contribution in [2.45, 2.75) is 5.92 Å². The van der Waals surface area contributed by atoms with Crippen LogP contribution in [0.15, 0.2) is 84.9 Å². The van der Waals surface area contributed by atoms with Crippen LogP contribution in [0.1, 0.15) is 17.0 Å². The molecule has 4 nitrogen and oxygen atoms in total. The molecule has 3 N–H and O–H groups in total. The van der Waals surface area contributed by atoms with Gasteiger partial charge in [0, 0.05) is 11.8 Å². The molecular weight excluding hydrogens is 344 g/mol. The first kappa shape index (κ1) is 17.6. The second-order valence-electron chi connectivity index (χ2n) is 5.75. The first-order chi connectivity index (χ1) is 12.6. The number of aromatic hydroxyl groups is 1. The Morgan fingerprint density at radius 1 is 0.846 bits per heavy atom. The lowest BCUT2D eigenvalue weighted by Gasteiger charge is -2.18. The summed E-state index contributed by atoms with van der Waals surface area (Å²) in [6.45, 7) is 0. The fraction of sp³-hybridized carbons (Fsp3) is 0.0476. The highest BCUT2D eigenvalue weighted by Gasteiger charge is 2.23. The molecule has 0 aliphatic heterocycles. The van der Waals surface area contributed by atoms with E-state index in [1.807, 2.05) is 60.7 Å². The predicted octanol–water partition coefficient (Wildman–Crippen LogP) is 4.04. The van der Waals surface area contributed by atoms with Gasteiger partial charge in [-0.15, -0.1) is 0 Å². The van der Waals surface area contributed by atoms with Crippen molar-refractivity contribution in [3.63, 3.8) is 0 Å². The van der Waals surface area contributed by atoms with Crippen LogP contribution in [0, 0.1) is 0 Å². The highest BCUT2D eigenvalue weighted by Crippen LogP contribution is 2.24. The summed E-state index contributed by atoms with van der Waals surface area (Å²) in [5.41, 5.74) is 2.37. The minimum atomic E-state index is -0.471. The maximum atomic E-state index is 12.9. The highest BCUT2D eigenvalue weighted by molar-refractivity contribution is 7.80. The zero-order valence-corrected chi connectivity index (χ0v) is 14.7. The minimum absolute atomic E-state index is 0.121. The van der Waals surface area contributed by atoms with Gasteiger partial charge in [-0.2, -0.15) is 0 Å². The average molecular weight is 362 g/mol. The maximum Gasteiger partial charge on any atom is 0.238 e. The van der Waals surface area contributed by atoms with E-state index in [9.17, 15) is 9.90 Å². The van der Waals surface area contributed by atoms with Gasteiger partial charge >= 0.3 is 0 Å². The van der Waals surface area contributed by atoms with Gasteiger partial charge in [0.05, 0.1) is 5.92 Å². The van der Waals surface area contributed by atoms with Crippen molar-refractivity contribution in [1.82, 2.24) is 5.32 Å². The predicted molar refractivity (Wildman–Crippen MR) is 107 cm³/mol. The molecular formula is C21H18N2O2S. The number of hydrogen-bond acceptors (Lipinski definition) is 3. The van der Waals surface area contributed by atoms with Crippen molar-refractivity contribution < 1.29 is 9.90 Å². The standard InChI is InChI=1S/C21H18N2O2S/c24-18-13-7-12-17(14-18)22-21(26)23-20(25)19(15-8-3-1-4-9-15)16-10-5-2-6-11-16/h1-14,19,24H,(H2,22,23,25,26). The number of benzene rings is 3. The second kappa shape index (κ2) is 8.27. The van der Waals surface area contributed by atoms with E-state index in [0.717, 1.165) is 11.1 Å². The first-order valence-corrected chi connectivity index (χ1v) is 8.55. The molecule has 3 aromatic rings. The Labute approximate surface area is 157 Å². The monoisotopic (exact) mass is 362 g/mol. The van der Waals surface area contributed by atoms with Crippen LogP contribution in [-0.2, 0) is 4.79 Å². The number of phenolic OH excluding ortho intramolecular Hbond substituents is 1. The SMILES string of the molecule is O=C(NC(=S)Nc1cccc(O)c1)C(c1ccccc1)c1ccccc1. The third kappa shape index (κ3) is 4.46. The number of carbonyl (C=O) groups excluding carboxylic acids is 1. The normalized spacial score (nSPS) is 10.3. The van der Waals surface area contributed by atoms with Gasteiger partial charge in [-0.05, 0) is 35.5 Å². The molecule has 0 aliphatic carbocycles. The molecule has 3 rings (SSSR count). The van der Waals surface area contributed by atoms with Crippen molar-refractivity contribution in [1.29, 1.82) is 0 Å². The molecule has 0 aromatic heterocycles. The van der Waals surface area contributed by atoms with E-state index >= 15 is 0 Å². The second-order valence-corrected chi connectivity index (χ2v) is 6.16. The van der Waals surface area contributed by atoms with Crippen LogP contribution in [0.25, 0.3) is 0 Å². The van der Waals surface area contributed by atoms with E-state index in [-0.39, 0.29) is 16.8 Å². The fourth-order valence-corrected chi connectivity index (χ4v) is 2.93. The third-order valence-corrected chi connectivity index (χ3v) is 4.07. The highest BCUT2D eigenvalue weighted by atomic mass is 32.1. The average Bonchev–Trinajstić information content (AvgIpc) is 2.63. The molecule has 3 aromatic carbocycles. The zero-order chi connectivity index (χ0) is 18.4. The molecule has 0 saturated heterocycles. The molecule has 0 aliphatic rings. The summed E-state index contributed by atoms with van der Waals surface area (Å²) < 4.78 is 0. The van der Waals surface area contributed by atoms with Crippen LogP contribution >= 0.6 is 12.2 Å². The molecule has 0 radical (unpaired) electrons. The molecule has 0 atom stereocenters. The quantitative estimate of drug-likeness (QED) is 0.613. The van der Waals surface area contributed by atoms with E-state index in [1.165, 1.54) is 6.07 Å². The number of anilines is 1. The van der Waals surface area contributed by atoms with Crippen LogP contribution in [0.3, 0.4) is 0 Å². The van der Waals surface area contributed by atoms with Gasteiger partial charge in [0.15, 0.2) is 5.11 Å². The van der Waals surface area contributed by atoms with E-state index in [1.54, 1.807) is 18.2 Å². The number of amides is 1. The number of hydrogen-bond donors (Lipinski definition) is 3. The Balaban J connectivity index is 1.79. The summed E-state index contributed by atoms with van der Waals surface area (Å²) in [5.74, 6) is -0.572. The van der Waals surface area contributed by atoms with Gasteiger partial charge in [-0.25, -0.2) is 0 Å². The van der Waals surface area contributed by atoms with Crippen LogP contribution in [0.5, 0.6) is 5.75 Å². The van der Waals surface area contributed by atoms with Gasteiger partial charge < -0.3 is 15.7 Å². The molecule has 0 spiro atoms. The van der Waals surface area contributed by atoms with Crippen LogP contribution in [0.2, 0.25) is 0 Å². The summed E-state index contributed by atoms with van der Waals surface area (Å²) >= 11 is 5.25. The van der Waals surface area contributed by atoms with Crippen LogP contribution in [0.4, 0.5) is 5.69 Å². The summed E-state index contributed by atoms with van der Waals surface area (Å²) in [6.07, 6.45) is 0. The van der Waals surface area contributed by atoms with Gasteiger partial charge in [-0.3, -0.25) is 4.79 Å². The van der Waals surface area contributed by atoms with E-state index in [2.05, 4.69) is 10.6 Å². The van der Waals surface area contributed by atoms with E-state index < -0.39 is 5.92 Å². The van der Waals surface area contributed by atoms with E-state index in [0.29, 0.717) is 5.69 Å². The van der Waals surface area contributed by atoms with E-state index in [4.69, 9.17) is 12.2 Å². The maximum absolute atomic E-state index is 12.9. The van der Waals surface area contributed by atoms with Gasteiger partial charge in [0.1, 0.15) is 5.75 Å². The van der Waals surface area contributed by atoms with Gasteiger partial charge in [0.2, 0.25) is 5.91 Å². The number of carbonyl (C=O) groups is 1. The topological polar surface area (TPSA) is 61.4 Å². The zero-order valence-electron chi connectivity index (χ0n) is 13.9. The lowest BCUT2D eigenvalue weighted by molar-refractivity contribution is -0.120. The molecule has 0 heterocycles. The van der Waals surface area contributed by atoms with Crippen molar-refractivity contribution >= 4 is 28.9 Å². The molecule has 1 amide bonds. The van der Waals surface area contributed by atoms with Crippen molar-refractivity contribution in [2.24, 2.45) is 0 Å². The smallest absolute Gasteiger partial charge is 0.238 e. The molecule has 0 saturated carbocycles. The summed E-state index contributed by atoms with van der Waals surface area (Å²) in [5, 5.41) is 15.4.